The second-order valence-corrected chi connectivity index (χ2v) is 2.63. The molecule has 0 amide bonds. The van der Waals surface area contributed by atoms with Gasteiger partial charge in [-0.2, -0.15) is 0 Å². The zero-order chi connectivity index (χ0) is 10.4. The third-order valence-corrected chi connectivity index (χ3v) is 1.68. The molecule has 0 aliphatic rings. The highest BCUT2D eigenvalue weighted by molar-refractivity contribution is 5.53. The molecule has 0 saturated heterocycles. The lowest BCUT2D eigenvalue weighted by atomic mass is 10.2. The highest BCUT2D eigenvalue weighted by Crippen LogP contribution is 2.28. The minimum absolute atomic E-state index is 0.0255. The van der Waals surface area contributed by atoms with Crippen molar-refractivity contribution in [1.82, 2.24) is 0 Å². The molecule has 0 aromatic heterocycles. The summed E-state index contributed by atoms with van der Waals surface area (Å²) in [5.41, 5.74) is 0.512. The number of aromatic hydroxyl groups is 1. The Hall–Kier alpha value is -1.66. The van der Waals surface area contributed by atoms with Gasteiger partial charge in [-0.1, -0.05) is 17.9 Å². The molecule has 0 saturated carbocycles. The van der Waals surface area contributed by atoms with Gasteiger partial charge in [0.05, 0.1) is 19.3 Å². The smallest absolute Gasteiger partial charge is 0.173 e. The number of phenolic OH excluding ortho intramolecular Hbond substituents is 1. The van der Waals surface area contributed by atoms with Crippen LogP contribution in [0.25, 0.3) is 0 Å². The third kappa shape index (κ3) is 2.41. The molecule has 0 bridgehead atoms. The number of aliphatic hydroxyl groups excluding tert-OH is 1. The first kappa shape index (κ1) is 10.4. The number of rotatable bonds is 2. The molecule has 0 radical (unpaired) electrons. The Labute approximate surface area is 83.0 Å². The quantitative estimate of drug-likeness (QED) is 0.691. The summed E-state index contributed by atoms with van der Waals surface area (Å²) in [5.74, 6) is 5.92. The van der Waals surface area contributed by atoms with E-state index in [4.69, 9.17) is 9.84 Å². The summed E-state index contributed by atoms with van der Waals surface area (Å²) in [5, 5.41) is 18.1. The van der Waals surface area contributed by atoms with E-state index < -0.39 is 0 Å². The summed E-state index contributed by atoms with van der Waals surface area (Å²) < 4.78 is 4.92. The summed E-state index contributed by atoms with van der Waals surface area (Å²) in [4.78, 5) is 0. The van der Waals surface area contributed by atoms with E-state index in [0.717, 1.165) is 0 Å². The fourth-order valence-electron chi connectivity index (χ4n) is 1.00. The SMILES string of the molecule is COc1cccc(C#CCCO)c1O. The van der Waals surface area contributed by atoms with E-state index in [1.807, 2.05) is 0 Å². The normalized spacial score (nSPS) is 9.00. The molecule has 1 aromatic rings. The van der Waals surface area contributed by atoms with Crippen LogP contribution < -0.4 is 4.74 Å². The molecule has 3 nitrogen and oxygen atoms in total. The molecular weight excluding hydrogens is 180 g/mol. The second kappa shape index (κ2) is 5.15. The third-order valence-electron chi connectivity index (χ3n) is 1.68. The molecule has 0 spiro atoms. The monoisotopic (exact) mass is 192 g/mol. The largest absolute Gasteiger partial charge is 0.503 e. The van der Waals surface area contributed by atoms with Gasteiger partial charge in [-0.15, -0.1) is 0 Å². The Morgan fingerprint density at radius 2 is 2.21 bits per heavy atom. The van der Waals surface area contributed by atoms with Gasteiger partial charge in [-0.3, -0.25) is 0 Å². The zero-order valence-corrected chi connectivity index (χ0v) is 7.95. The highest BCUT2D eigenvalue weighted by Gasteiger charge is 2.03. The number of benzene rings is 1. The zero-order valence-electron chi connectivity index (χ0n) is 7.95. The predicted octanol–water partition coefficient (Wildman–Crippen LogP) is 1.13. The number of ether oxygens (including phenoxy) is 1. The lowest BCUT2D eigenvalue weighted by molar-refractivity contribution is 0.305. The Kier molecular flexibility index (Phi) is 3.84. The van der Waals surface area contributed by atoms with Crippen molar-refractivity contribution in [3.8, 4) is 23.3 Å². The molecule has 3 heteroatoms. The van der Waals surface area contributed by atoms with Crippen LogP contribution in [0.15, 0.2) is 18.2 Å². The van der Waals surface area contributed by atoms with E-state index in [1.165, 1.54) is 7.11 Å². The molecule has 1 aromatic carbocycles. The van der Waals surface area contributed by atoms with Crippen molar-refractivity contribution in [2.75, 3.05) is 13.7 Å². The van der Waals surface area contributed by atoms with Crippen LogP contribution in [0.2, 0.25) is 0 Å². The van der Waals surface area contributed by atoms with Gasteiger partial charge >= 0.3 is 0 Å². The number of para-hydroxylation sites is 1. The maximum atomic E-state index is 9.60. The Bertz CT molecular complexity index is 361. The summed E-state index contributed by atoms with van der Waals surface area (Å²) in [7, 11) is 1.49. The van der Waals surface area contributed by atoms with Crippen molar-refractivity contribution >= 4 is 0 Å². The number of phenols is 1. The molecule has 0 atom stereocenters. The van der Waals surface area contributed by atoms with E-state index >= 15 is 0 Å². The number of aliphatic hydroxyl groups is 1. The van der Waals surface area contributed by atoms with Gasteiger partial charge < -0.3 is 14.9 Å². The van der Waals surface area contributed by atoms with Gasteiger partial charge in [0.25, 0.3) is 0 Å². The second-order valence-electron chi connectivity index (χ2n) is 2.63. The first-order valence-electron chi connectivity index (χ1n) is 4.25. The number of methoxy groups -OCH3 is 1. The van der Waals surface area contributed by atoms with Crippen molar-refractivity contribution in [3.05, 3.63) is 23.8 Å². The lowest BCUT2D eigenvalue weighted by Gasteiger charge is -2.03. The van der Waals surface area contributed by atoms with E-state index in [-0.39, 0.29) is 12.4 Å². The minimum Gasteiger partial charge on any atom is -0.503 e. The van der Waals surface area contributed by atoms with Crippen LogP contribution in [-0.4, -0.2) is 23.9 Å². The molecule has 0 unspecified atom stereocenters. The van der Waals surface area contributed by atoms with Crippen molar-refractivity contribution < 1.29 is 14.9 Å². The molecule has 1 rings (SSSR count). The Morgan fingerprint density at radius 3 is 2.86 bits per heavy atom. The van der Waals surface area contributed by atoms with Crippen LogP contribution in [0.3, 0.4) is 0 Å². The summed E-state index contributed by atoms with van der Waals surface area (Å²) in [6.45, 7) is 0.0255. The van der Waals surface area contributed by atoms with Gasteiger partial charge in [-0.05, 0) is 12.1 Å². The molecule has 0 aliphatic carbocycles. The fraction of sp³-hybridized carbons (Fsp3) is 0.273. The summed E-state index contributed by atoms with van der Waals surface area (Å²) in [6.07, 6.45) is 0.399. The number of hydrogen-bond donors (Lipinski definition) is 2. The van der Waals surface area contributed by atoms with Gasteiger partial charge in [-0.25, -0.2) is 0 Å². The molecule has 74 valence electrons. The first-order valence-corrected chi connectivity index (χ1v) is 4.25. The van der Waals surface area contributed by atoms with Gasteiger partial charge in [0.15, 0.2) is 11.5 Å². The van der Waals surface area contributed by atoms with Crippen LogP contribution in [0.4, 0.5) is 0 Å². The topological polar surface area (TPSA) is 49.7 Å². The highest BCUT2D eigenvalue weighted by atomic mass is 16.5. The molecule has 14 heavy (non-hydrogen) atoms. The predicted molar refractivity (Wildman–Crippen MR) is 53.2 cm³/mol. The van der Waals surface area contributed by atoms with Gasteiger partial charge in [0.2, 0.25) is 0 Å². The fourth-order valence-corrected chi connectivity index (χ4v) is 1.00. The Morgan fingerprint density at radius 1 is 1.43 bits per heavy atom. The van der Waals surface area contributed by atoms with E-state index in [0.29, 0.717) is 17.7 Å². The average molecular weight is 192 g/mol. The molecule has 2 N–H and O–H groups in total. The Balaban J connectivity index is 2.94. The van der Waals surface area contributed by atoms with Crippen molar-refractivity contribution in [2.45, 2.75) is 6.42 Å². The van der Waals surface area contributed by atoms with Gasteiger partial charge in [0, 0.05) is 6.42 Å². The van der Waals surface area contributed by atoms with Crippen LogP contribution in [0.5, 0.6) is 11.5 Å². The van der Waals surface area contributed by atoms with Crippen LogP contribution in [-0.2, 0) is 0 Å². The van der Waals surface area contributed by atoms with Crippen LogP contribution in [0.1, 0.15) is 12.0 Å². The number of hydrogen-bond acceptors (Lipinski definition) is 3. The van der Waals surface area contributed by atoms with Crippen LogP contribution in [0, 0.1) is 11.8 Å². The maximum Gasteiger partial charge on any atom is 0.173 e. The molecule has 0 fully saturated rings. The van der Waals surface area contributed by atoms with E-state index in [9.17, 15) is 5.11 Å². The van der Waals surface area contributed by atoms with E-state index in [1.54, 1.807) is 18.2 Å². The summed E-state index contributed by atoms with van der Waals surface area (Å²) >= 11 is 0. The first-order chi connectivity index (χ1) is 6.79. The van der Waals surface area contributed by atoms with E-state index in [2.05, 4.69) is 11.8 Å². The van der Waals surface area contributed by atoms with Crippen molar-refractivity contribution in [1.29, 1.82) is 0 Å². The van der Waals surface area contributed by atoms with Crippen molar-refractivity contribution in [3.63, 3.8) is 0 Å². The van der Waals surface area contributed by atoms with Gasteiger partial charge in [0.1, 0.15) is 0 Å². The maximum absolute atomic E-state index is 9.60. The summed E-state index contributed by atoms with van der Waals surface area (Å²) in [6, 6.07) is 5.11. The average Bonchev–Trinajstić information content (AvgIpc) is 2.21. The molecular formula is C11H12O3. The minimum atomic E-state index is 0.0255. The standard InChI is InChI=1S/C11H12O3/c1-14-10-7-4-6-9(11(10)13)5-2-3-8-12/h4,6-7,12-13H,3,8H2,1H3. The lowest BCUT2D eigenvalue weighted by Crippen LogP contribution is -1.85. The van der Waals surface area contributed by atoms with Crippen molar-refractivity contribution in [2.24, 2.45) is 0 Å². The molecule has 0 aliphatic heterocycles. The molecule has 0 heterocycles. The van der Waals surface area contributed by atoms with Crippen LogP contribution >= 0.6 is 0 Å².